The zero-order valence-electron chi connectivity index (χ0n) is 12.6. The van der Waals surface area contributed by atoms with Crippen LogP contribution in [0.1, 0.15) is 1.43 Å². The number of phenolic OH excluding ortho intramolecular Hbond substituents is 4. The van der Waals surface area contributed by atoms with Gasteiger partial charge in [0.05, 0.1) is 0 Å². The molecule has 1 heterocycles. The number of hydrogen-bond acceptors (Lipinski definition) is 7. The summed E-state index contributed by atoms with van der Waals surface area (Å²) < 4.78 is 5.33. The summed E-state index contributed by atoms with van der Waals surface area (Å²) in [5.41, 5.74) is -0.963. The number of fused-ring (bicyclic) bond motifs is 1. The van der Waals surface area contributed by atoms with Crippen molar-refractivity contribution in [2.75, 3.05) is 0 Å². The van der Waals surface area contributed by atoms with Crippen molar-refractivity contribution in [1.29, 1.82) is 0 Å². The van der Waals surface area contributed by atoms with Gasteiger partial charge in [-0.1, -0.05) is 12.1 Å². The minimum Gasteiger partial charge on any atom is -1.00 e. The van der Waals surface area contributed by atoms with Gasteiger partial charge in [0.2, 0.25) is 0 Å². The van der Waals surface area contributed by atoms with Gasteiger partial charge in [0, 0.05) is 22.6 Å². The summed E-state index contributed by atoms with van der Waals surface area (Å²) in [6, 6.07) is 6.74. The molecule has 0 fully saturated rings. The van der Waals surface area contributed by atoms with Crippen LogP contribution in [-0.4, -0.2) is 74.4 Å². The van der Waals surface area contributed by atoms with E-state index in [2.05, 4.69) is 6.07 Å². The van der Waals surface area contributed by atoms with E-state index < -0.39 is 28.4 Å². The molecular weight excluding hydrogens is 429 g/mol. The van der Waals surface area contributed by atoms with Gasteiger partial charge in [-0.25, -0.2) is 0 Å². The molecule has 3 rings (SSSR count). The minimum atomic E-state index is -0.919. The van der Waals surface area contributed by atoms with Gasteiger partial charge in [-0.05, 0) is 23.6 Å². The average molecular weight is 440 g/mol. The van der Waals surface area contributed by atoms with Crippen LogP contribution < -0.4 is 5.43 Å². The Labute approximate surface area is 170 Å². The summed E-state index contributed by atoms with van der Waals surface area (Å²) in [5, 5.41) is 47.4. The average Bonchev–Trinajstić information content (AvgIpc) is 2.45. The Hall–Kier alpha value is -1.78. The molecule has 8 heteroatoms. The summed E-state index contributed by atoms with van der Waals surface area (Å²) >= 11 is 0. The van der Waals surface area contributed by atoms with Gasteiger partial charge in [-0.2, -0.15) is 0 Å². The van der Waals surface area contributed by atoms with E-state index in [0.29, 0.717) is 0 Å². The Morgan fingerprint density at radius 2 is 1.70 bits per heavy atom. The molecule has 0 aliphatic carbocycles. The predicted molar refractivity (Wildman–Crippen MR) is 81.9 cm³/mol. The molecule has 0 bridgehead atoms. The van der Waals surface area contributed by atoms with Crippen LogP contribution in [0, 0.1) is 6.07 Å². The minimum absolute atomic E-state index is 0. The Bertz CT molecular complexity index is 968. The molecule has 23 heavy (non-hydrogen) atoms. The Kier molecular flexibility index (Phi) is 4.87. The molecule has 0 spiro atoms. The van der Waals surface area contributed by atoms with Gasteiger partial charge in [0.1, 0.15) is 0 Å². The van der Waals surface area contributed by atoms with E-state index in [1.807, 2.05) is 0 Å². The molecule has 0 saturated heterocycles. The standard InChI is InChI=1S/C15H9O7.Ba.H/c16-7-4-10(19)12-11(5-7)22-15(14(21)13(12)20)6-1-2-8(17)9(18)3-6;;/h1-3,5,16-19,21H;;/q-1;+2;-1. The van der Waals surface area contributed by atoms with Crippen LogP contribution in [0.3, 0.4) is 0 Å². The van der Waals surface area contributed by atoms with E-state index in [1.54, 1.807) is 0 Å². The predicted octanol–water partition coefficient (Wildman–Crippen LogP) is 1.52. The number of hydrogen-bond donors (Lipinski definition) is 5. The van der Waals surface area contributed by atoms with Gasteiger partial charge >= 0.3 is 48.9 Å². The van der Waals surface area contributed by atoms with Crippen LogP contribution in [0.15, 0.2) is 33.5 Å². The summed E-state index contributed by atoms with van der Waals surface area (Å²) in [4.78, 5) is 12.1. The Balaban J connectivity index is 0.00000144. The van der Waals surface area contributed by atoms with Crippen molar-refractivity contribution < 1.29 is 31.4 Å². The van der Waals surface area contributed by atoms with E-state index in [1.165, 1.54) is 6.07 Å². The second-order valence-electron chi connectivity index (χ2n) is 4.55. The van der Waals surface area contributed by atoms with Crippen molar-refractivity contribution in [3.05, 3.63) is 40.6 Å². The van der Waals surface area contributed by atoms with Gasteiger partial charge in [-0.3, -0.25) is 4.79 Å². The van der Waals surface area contributed by atoms with E-state index in [-0.39, 0.29) is 78.4 Å². The third kappa shape index (κ3) is 3.01. The fourth-order valence-electron chi connectivity index (χ4n) is 2.07. The number of rotatable bonds is 1. The van der Waals surface area contributed by atoms with Crippen molar-refractivity contribution >= 4 is 59.9 Å². The van der Waals surface area contributed by atoms with Crippen LogP contribution in [0.5, 0.6) is 28.7 Å². The Morgan fingerprint density at radius 3 is 2.35 bits per heavy atom. The maximum atomic E-state index is 12.1. The molecule has 0 saturated carbocycles. The monoisotopic (exact) mass is 440 g/mol. The van der Waals surface area contributed by atoms with Gasteiger partial charge < -0.3 is 31.4 Å². The van der Waals surface area contributed by atoms with Crippen molar-refractivity contribution in [2.45, 2.75) is 0 Å². The quantitative estimate of drug-likeness (QED) is 0.221. The molecular formula is C15H10BaO7. The first-order valence-electron chi connectivity index (χ1n) is 6.05. The molecule has 5 N–H and O–H groups in total. The summed E-state index contributed by atoms with van der Waals surface area (Å²) in [5.74, 6) is -3.01. The first-order chi connectivity index (χ1) is 10.4. The van der Waals surface area contributed by atoms with Crippen molar-refractivity contribution in [3.8, 4) is 40.1 Å². The molecule has 7 nitrogen and oxygen atoms in total. The number of benzene rings is 2. The van der Waals surface area contributed by atoms with E-state index >= 15 is 0 Å². The zero-order valence-corrected chi connectivity index (χ0v) is 16.0. The van der Waals surface area contributed by atoms with Crippen molar-refractivity contribution in [2.24, 2.45) is 0 Å². The largest absolute Gasteiger partial charge is 2.00 e. The summed E-state index contributed by atoms with van der Waals surface area (Å²) in [6.45, 7) is 0. The third-order valence-electron chi connectivity index (χ3n) is 3.10. The van der Waals surface area contributed by atoms with Crippen LogP contribution in [0.25, 0.3) is 22.3 Å². The van der Waals surface area contributed by atoms with Gasteiger partial charge in [-0.15, -0.1) is 0 Å². The topological polar surface area (TPSA) is 131 Å². The molecule has 0 amide bonds. The van der Waals surface area contributed by atoms with Crippen molar-refractivity contribution in [3.63, 3.8) is 0 Å². The smallest absolute Gasteiger partial charge is 1.00 e. The van der Waals surface area contributed by atoms with E-state index in [9.17, 15) is 30.3 Å². The molecule has 0 unspecified atom stereocenters. The summed E-state index contributed by atoms with van der Waals surface area (Å²) in [7, 11) is 0. The molecule has 3 aromatic rings. The van der Waals surface area contributed by atoms with Crippen molar-refractivity contribution in [1.82, 2.24) is 0 Å². The van der Waals surface area contributed by atoms with Crippen LogP contribution >= 0.6 is 0 Å². The van der Waals surface area contributed by atoms with Gasteiger partial charge in [0.15, 0.2) is 28.4 Å². The molecule has 0 radical (unpaired) electrons. The van der Waals surface area contributed by atoms with Crippen LogP contribution in [0.2, 0.25) is 0 Å². The zero-order chi connectivity index (χ0) is 16.0. The summed E-state index contributed by atoms with van der Waals surface area (Å²) in [6.07, 6.45) is 0. The SMILES string of the molecule is O=c1c(O)c(-c2ccc(O)c(O)c2)oc2cc(O)[c-]c(O)c12.[Ba+2].[H-]. The fraction of sp³-hybridized carbons (Fsp3) is 0. The first-order valence-corrected chi connectivity index (χ1v) is 6.05. The van der Waals surface area contributed by atoms with E-state index in [4.69, 9.17) is 4.42 Å². The van der Waals surface area contributed by atoms with Crippen LogP contribution in [0.4, 0.5) is 0 Å². The molecule has 0 atom stereocenters. The Morgan fingerprint density at radius 1 is 1.00 bits per heavy atom. The normalized spacial score (nSPS) is 10.4. The fourth-order valence-corrected chi connectivity index (χ4v) is 2.07. The molecule has 2 aromatic carbocycles. The van der Waals surface area contributed by atoms with Crippen LogP contribution in [-0.2, 0) is 0 Å². The first kappa shape index (κ1) is 17.6. The number of phenols is 4. The second kappa shape index (κ2) is 6.38. The molecule has 1 aromatic heterocycles. The third-order valence-corrected chi connectivity index (χ3v) is 3.10. The second-order valence-corrected chi connectivity index (χ2v) is 4.55. The molecule has 0 aliphatic rings. The number of aromatic hydroxyl groups is 5. The van der Waals surface area contributed by atoms with Gasteiger partial charge in [0.25, 0.3) is 0 Å². The van der Waals surface area contributed by atoms with E-state index in [0.717, 1.165) is 18.2 Å². The maximum absolute atomic E-state index is 12.1. The maximum Gasteiger partial charge on any atom is 2.00 e. The molecule has 0 aliphatic heterocycles. The molecule has 114 valence electrons.